The highest BCUT2D eigenvalue weighted by molar-refractivity contribution is 9.10. The van der Waals surface area contributed by atoms with E-state index in [0.29, 0.717) is 22.3 Å². The summed E-state index contributed by atoms with van der Waals surface area (Å²) in [5.74, 6) is -1.15. The van der Waals surface area contributed by atoms with E-state index in [1.807, 2.05) is 6.92 Å². The molecule has 0 fully saturated rings. The second-order valence-corrected chi connectivity index (χ2v) is 5.81. The number of halogens is 2. The molecule has 0 atom stereocenters. The summed E-state index contributed by atoms with van der Waals surface area (Å²) in [6.07, 6.45) is 2.60. The van der Waals surface area contributed by atoms with Crippen molar-refractivity contribution in [1.29, 1.82) is 0 Å². The van der Waals surface area contributed by atoms with Crippen molar-refractivity contribution >= 4 is 39.5 Å². The lowest BCUT2D eigenvalue weighted by Crippen LogP contribution is -2.24. The van der Waals surface area contributed by atoms with Crippen LogP contribution in [-0.2, 0) is 4.79 Å². The van der Waals surface area contributed by atoms with Crippen molar-refractivity contribution in [3.63, 3.8) is 0 Å². The third kappa shape index (κ3) is 4.76. The van der Waals surface area contributed by atoms with Crippen LogP contribution in [0.25, 0.3) is 6.08 Å². The maximum atomic E-state index is 13.6. The summed E-state index contributed by atoms with van der Waals surface area (Å²) in [7, 11) is 0. The molecule has 0 saturated heterocycles. The number of benzene rings is 2. The fourth-order valence-electron chi connectivity index (χ4n) is 2.03. The summed E-state index contributed by atoms with van der Waals surface area (Å²) < 4.78 is 14.4. The van der Waals surface area contributed by atoms with E-state index in [-0.39, 0.29) is 11.5 Å². The molecule has 4 nitrogen and oxygen atoms in total. The second-order valence-electron chi connectivity index (χ2n) is 4.89. The Morgan fingerprint density at radius 1 is 1.21 bits per heavy atom. The monoisotopic (exact) mass is 390 g/mol. The molecule has 0 unspecified atom stereocenters. The maximum absolute atomic E-state index is 13.6. The molecule has 0 spiro atoms. The summed E-state index contributed by atoms with van der Waals surface area (Å²) in [6.45, 7) is 2.30. The third-order valence-electron chi connectivity index (χ3n) is 3.14. The van der Waals surface area contributed by atoms with Gasteiger partial charge in [-0.2, -0.15) is 0 Å². The van der Waals surface area contributed by atoms with Crippen LogP contribution < -0.4 is 10.6 Å². The Balaban J connectivity index is 2.14. The molecular formula is C18H16BrFN2O2. The number of rotatable bonds is 5. The fraction of sp³-hybridized carbons (Fsp3) is 0.111. The molecule has 0 bridgehead atoms. The highest BCUT2D eigenvalue weighted by atomic mass is 79.9. The first kappa shape index (κ1) is 17.9. The number of hydrogen-bond donors (Lipinski definition) is 2. The van der Waals surface area contributed by atoms with Crippen LogP contribution in [-0.4, -0.2) is 18.4 Å². The van der Waals surface area contributed by atoms with Gasteiger partial charge in [0.05, 0.1) is 11.3 Å². The van der Waals surface area contributed by atoms with Crippen molar-refractivity contribution in [3.05, 3.63) is 70.0 Å². The van der Waals surface area contributed by atoms with Gasteiger partial charge < -0.3 is 10.6 Å². The van der Waals surface area contributed by atoms with E-state index in [1.165, 1.54) is 18.2 Å². The summed E-state index contributed by atoms with van der Waals surface area (Å²) in [4.78, 5) is 24.0. The van der Waals surface area contributed by atoms with Crippen LogP contribution in [0.1, 0.15) is 22.8 Å². The molecule has 2 rings (SSSR count). The molecule has 0 aliphatic carbocycles. The minimum Gasteiger partial charge on any atom is -0.352 e. The second kappa shape index (κ2) is 8.40. The minimum absolute atomic E-state index is 0.268. The van der Waals surface area contributed by atoms with Crippen LogP contribution in [0.5, 0.6) is 0 Å². The maximum Gasteiger partial charge on any atom is 0.253 e. The van der Waals surface area contributed by atoms with E-state index in [1.54, 1.807) is 36.4 Å². The summed E-state index contributed by atoms with van der Waals surface area (Å²) in [5, 5.41) is 5.32. The zero-order chi connectivity index (χ0) is 17.5. The van der Waals surface area contributed by atoms with Gasteiger partial charge in [0.1, 0.15) is 5.82 Å². The topological polar surface area (TPSA) is 58.2 Å². The van der Waals surface area contributed by atoms with Crippen molar-refractivity contribution in [2.75, 3.05) is 11.9 Å². The molecule has 0 radical (unpaired) electrons. The first-order chi connectivity index (χ1) is 11.5. The molecule has 0 saturated carbocycles. The van der Waals surface area contributed by atoms with Gasteiger partial charge in [-0.25, -0.2) is 4.39 Å². The van der Waals surface area contributed by atoms with E-state index in [2.05, 4.69) is 26.6 Å². The quantitative estimate of drug-likeness (QED) is 0.758. The molecule has 24 heavy (non-hydrogen) atoms. The highest BCUT2D eigenvalue weighted by Gasteiger charge is 2.11. The number of carbonyl (C=O) groups excluding carboxylic acids is 2. The van der Waals surface area contributed by atoms with E-state index in [0.717, 1.165) is 0 Å². The molecule has 2 amide bonds. The van der Waals surface area contributed by atoms with Crippen molar-refractivity contribution in [2.45, 2.75) is 6.92 Å². The molecule has 0 aliphatic heterocycles. The summed E-state index contributed by atoms with van der Waals surface area (Å²) in [6, 6.07) is 11.2. The predicted molar refractivity (Wildman–Crippen MR) is 96.2 cm³/mol. The predicted octanol–water partition coefficient (Wildman–Crippen LogP) is 3.99. The Labute approximate surface area is 147 Å². The van der Waals surface area contributed by atoms with Crippen LogP contribution >= 0.6 is 15.9 Å². The Morgan fingerprint density at radius 3 is 2.71 bits per heavy atom. The summed E-state index contributed by atoms with van der Waals surface area (Å²) >= 11 is 3.25. The third-order valence-corrected chi connectivity index (χ3v) is 3.63. The van der Waals surface area contributed by atoms with E-state index in [9.17, 15) is 14.0 Å². The largest absolute Gasteiger partial charge is 0.352 e. The van der Waals surface area contributed by atoms with Gasteiger partial charge >= 0.3 is 0 Å². The highest BCUT2D eigenvalue weighted by Crippen LogP contribution is 2.18. The SMILES string of the molecule is CCNC(=O)c1ccccc1NC(=O)/C=C/c1cc(Br)ccc1F. The molecular weight excluding hydrogens is 375 g/mol. The van der Waals surface area contributed by atoms with Gasteiger partial charge in [-0.3, -0.25) is 9.59 Å². The first-order valence-corrected chi connectivity index (χ1v) is 8.12. The van der Waals surface area contributed by atoms with Crippen molar-refractivity contribution < 1.29 is 14.0 Å². The molecule has 2 aromatic rings. The lowest BCUT2D eigenvalue weighted by atomic mass is 10.1. The Bertz CT molecular complexity index is 790. The van der Waals surface area contributed by atoms with E-state index in [4.69, 9.17) is 0 Å². The molecule has 0 heterocycles. The zero-order valence-corrected chi connectivity index (χ0v) is 14.6. The Kier molecular flexibility index (Phi) is 6.26. The smallest absolute Gasteiger partial charge is 0.253 e. The van der Waals surface area contributed by atoms with Crippen LogP contribution in [0, 0.1) is 5.82 Å². The Hall–Kier alpha value is -2.47. The number of nitrogens with one attached hydrogen (secondary N) is 2. The molecule has 124 valence electrons. The van der Waals surface area contributed by atoms with Gasteiger partial charge in [0.15, 0.2) is 0 Å². The number of para-hydroxylation sites is 1. The fourth-order valence-corrected chi connectivity index (χ4v) is 2.41. The molecule has 0 aromatic heterocycles. The number of amides is 2. The van der Waals surface area contributed by atoms with Crippen LogP contribution in [0.15, 0.2) is 53.0 Å². The molecule has 0 aliphatic rings. The average Bonchev–Trinajstić information content (AvgIpc) is 2.56. The lowest BCUT2D eigenvalue weighted by Gasteiger charge is -2.09. The van der Waals surface area contributed by atoms with E-state index < -0.39 is 11.7 Å². The summed E-state index contributed by atoms with van der Waals surface area (Å²) in [5.41, 5.74) is 1.05. The molecule has 2 N–H and O–H groups in total. The normalized spacial score (nSPS) is 10.6. The average molecular weight is 391 g/mol. The zero-order valence-electron chi connectivity index (χ0n) is 13.0. The lowest BCUT2D eigenvalue weighted by molar-refractivity contribution is -0.111. The van der Waals surface area contributed by atoms with Crippen LogP contribution in [0.2, 0.25) is 0 Å². The van der Waals surface area contributed by atoms with Gasteiger partial charge in [-0.05, 0) is 43.3 Å². The van der Waals surface area contributed by atoms with Crippen molar-refractivity contribution in [1.82, 2.24) is 5.32 Å². The van der Waals surface area contributed by atoms with Gasteiger partial charge in [-0.1, -0.05) is 28.1 Å². The standard InChI is InChI=1S/C18H16BrFN2O2/c1-2-21-18(24)14-5-3-4-6-16(14)22-17(23)10-7-12-11-13(19)8-9-15(12)20/h3-11H,2H2,1H3,(H,21,24)(H,22,23)/b10-7+. The van der Waals surface area contributed by atoms with Crippen molar-refractivity contribution in [2.24, 2.45) is 0 Å². The molecule has 2 aromatic carbocycles. The molecule has 6 heteroatoms. The van der Waals surface area contributed by atoms with Gasteiger partial charge in [0.25, 0.3) is 5.91 Å². The van der Waals surface area contributed by atoms with Crippen LogP contribution in [0.4, 0.5) is 10.1 Å². The number of carbonyl (C=O) groups is 2. The van der Waals surface area contributed by atoms with Gasteiger partial charge in [0, 0.05) is 22.7 Å². The number of anilines is 1. The van der Waals surface area contributed by atoms with Gasteiger partial charge in [-0.15, -0.1) is 0 Å². The van der Waals surface area contributed by atoms with E-state index >= 15 is 0 Å². The van der Waals surface area contributed by atoms with Crippen molar-refractivity contribution in [3.8, 4) is 0 Å². The first-order valence-electron chi connectivity index (χ1n) is 7.32. The van der Waals surface area contributed by atoms with Gasteiger partial charge in [0.2, 0.25) is 5.91 Å². The minimum atomic E-state index is -0.453. The Morgan fingerprint density at radius 2 is 1.96 bits per heavy atom. The number of hydrogen-bond acceptors (Lipinski definition) is 2. The van der Waals surface area contributed by atoms with Crippen LogP contribution in [0.3, 0.4) is 0 Å².